The molecule has 114 valence electrons. The summed E-state index contributed by atoms with van der Waals surface area (Å²) in [6, 6.07) is 4.05. The average molecular weight is 289 g/mol. The molecule has 0 saturated carbocycles. The van der Waals surface area contributed by atoms with Crippen molar-refractivity contribution in [2.45, 2.75) is 20.3 Å². The van der Waals surface area contributed by atoms with Gasteiger partial charge in [0.2, 0.25) is 0 Å². The molecule has 1 aromatic rings. The van der Waals surface area contributed by atoms with E-state index in [4.69, 9.17) is 9.47 Å². The summed E-state index contributed by atoms with van der Waals surface area (Å²) in [7, 11) is 0. The number of ether oxygens (including phenoxy) is 2. The van der Waals surface area contributed by atoms with Crippen LogP contribution < -0.4 is 4.74 Å². The van der Waals surface area contributed by atoms with Crippen LogP contribution in [-0.2, 0) is 4.74 Å². The van der Waals surface area contributed by atoms with Crippen molar-refractivity contribution in [1.82, 2.24) is 4.90 Å². The second kappa shape index (κ2) is 6.16. The lowest BCUT2D eigenvalue weighted by molar-refractivity contribution is 0.0291. The van der Waals surface area contributed by atoms with E-state index in [0.29, 0.717) is 6.61 Å². The summed E-state index contributed by atoms with van der Waals surface area (Å²) in [6.07, 6.45) is 0.795. The molecule has 1 saturated heterocycles. The lowest BCUT2D eigenvalue weighted by atomic mass is 9.91. The highest BCUT2D eigenvalue weighted by molar-refractivity contribution is 6.02. The van der Waals surface area contributed by atoms with E-state index in [1.165, 1.54) is 0 Å². The Balaban J connectivity index is 1.84. The van der Waals surface area contributed by atoms with Gasteiger partial charge in [-0.15, -0.1) is 0 Å². The van der Waals surface area contributed by atoms with Crippen molar-refractivity contribution in [1.29, 1.82) is 0 Å². The van der Waals surface area contributed by atoms with Crippen LogP contribution in [0.25, 0.3) is 0 Å². The third-order valence-electron chi connectivity index (χ3n) is 4.48. The number of hydrogen-bond acceptors (Lipinski definition) is 4. The molecule has 2 heterocycles. The second-order valence-electron chi connectivity index (χ2n) is 6.01. The Labute approximate surface area is 126 Å². The van der Waals surface area contributed by atoms with E-state index < -0.39 is 0 Å². The zero-order valence-electron chi connectivity index (χ0n) is 12.9. The zero-order chi connectivity index (χ0) is 14.8. The van der Waals surface area contributed by atoms with Crippen LogP contribution in [0.15, 0.2) is 12.1 Å². The Bertz CT molecular complexity index is 535. The van der Waals surface area contributed by atoms with E-state index in [-0.39, 0.29) is 11.7 Å². The molecule has 0 N–H and O–H groups in total. The van der Waals surface area contributed by atoms with E-state index in [0.717, 1.165) is 61.7 Å². The minimum atomic E-state index is 0.0323. The van der Waals surface area contributed by atoms with Crippen LogP contribution in [0.1, 0.15) is 27.9 Å². The first-order chi connectivity index (χ1) is 10.2. The van der Waals surface area contributed by atoms with Crippen molar-refractivity contribution in [2.75, 3.05) is 39.5 Å². The maximum absolute atomic E-state index is 12.9. The first kappa shape index (κ1) is 14.5. The summed E-state index contributed by atoms with van der Waals surface area (Å²) in [5, 5.41) is 0. The van der Waals surface area contributed by atoms with Crippen LogP contribution in [0.4, 0.5) is 0 Å². The molecule has 0 radical (unpaired) electrons. The van der Waals surface area contributed by atoms with Crippen molar-refractivity contribution in [3.8, 4) is 5.75 Å². The number of morpholine rings is 1. The predicted octanol–water partition coefficient (Wildman–Crippen LogP) is 2.22. The van der Waals surface area contributed by atoms with Crippen molar-refractivity contribution < 1.29 is 14.3 Å². The minimum Gasteiger partial charge on any atom is -0.493 e. The number of ketones is 1. The van der Waals surface area contributed by atoms with Gasteiger partial charge >= 0.3 is 0 Å². The van der Waals surface area contributed by atoms with E-state index in [2.05, 4.69) is 4.90 Å². The molecule has 2 aliphatic rings. The highest BCUT2D eigenvalue weighted by atomic mass is 16.5. The SMILES string of the molecule is Cc1ccc(C)c2c1OCCC(CN1CCOCC1)C2=O. The minimum absolute atomic E-state index is 0.0323. The molecule has 1 fully saturated rings. The number of carbonyl (C=O) groups is 1. The van der Waals surface area contributed by atoms with Gasteiger partial charge in [-0.2, -0.15) is 0 Å². The van der Waals surface area contributed by atoms with Gasteiger partial charge in [-0.1, -0.05) is 12.1 Å². The molecule has 1 aromatic carbocycles. The maximum Gasteiger partial charge on any atom is 0.171 e. The van der Waals surface area contributed by atoms with Crippen molar-refractivity contribution in [2.24, 2.45) is 5.92 Å². The van der Waals surface area contributed by atoms with Gasteiger partial charge in [-0.3, -0.25) is 9.69 Å². The van der Waals surface area contributed by atoms with Crippen LogP contribution >= 0.6 is 0 Å². The lowest BCUT2D eigenvalue weighted by Crippen LogP contribution is -2.41. The van der Waals surface area contributed by atoms with Crippen molar-refractivity contribution in [3.05, 3.63) is 28.8 Å². The standard InChI is InChI=1S/C17H23NO3/c1-12-3-4-13(2)17-15(12)16(19)14(5-8-21-17)11-18-6-9-20-10-7-18/h3-4,14H,5-11H2,1-2H3. The predicted molar refractivity (Wildman–Crippen MR) is 81.1 cm³/mol. The lowest BCUT2D eigenvalue weighted by Gasteiger charge is -2.29. The number of benzene rings is 1. The molecular formula is C17H23NO3. The van der Waals surface area contributed by atoms with Crippen molar-refractivity contribution >= 4 is 5.78 Å². The molecule has 1 atom stereocenters. The van der Waals surface area contributed by atoms with Gasteiger partial charge < -0.3 is 9.47 Å². The smallest absolute Gasteiger partial charge is 0.171 e. The van der Waals surface area contributed by atoms with E-state index in [1.807, 2.05) is 26.0 Å². The molecule has 3 rings (SSSR count). The molecule has 0 bridgehead atoms. The summed E-state index contributed by atoms with van der Waals surface area (Å²) in [4.78, 5) is 15.3. The van der Waals surface area contributed by atoms with Crippen LogP contribution in [0.3, 0.4) is 0 Å². The first-order valence-corrected chi connectivity index (χ1v) is 7.74. The summed E-state index contributed by atoms with van der Waals surface area (Å²) < 4.78 is 11.3. The summed E-state index contributed by atoms with van der Waals surface area (Å²) in [6.45, 7) is 8.83. The quantitative estimate of drug-likeness (QED) is 0.837. The van der Waals surface area contributed by atoms with E-state index >= 15 is 0 Å². The Morgan fingerprint density at radius 3 is 2.62 bits per heavy atom. The highest BCUT2D eigenvalue weighted by Gasteiger charge is 2.30. The summed E-state index contributed by atoms with van der Waals surface area (Å²) in [5.41, 5.74) is 2.87. The maximum atomic E-state index is 12.9. The fourth-order valence-electron chi connectivity index (χ4n) is 3.19. The molecule has 0 aliphatic carbocycles. The fraction of sp³-hybridized carbons (Fsp3) is 0.588. The Hall–Kier alpha value is -1.39. The molecule has 0 amide bonds. The van der Waals surface area contributed by atoms with Gasteiger partial charge in [0.05, 0.1) is 25.4 Å². The van der Waals surface area contributed by atoms with Gasteiger partial charge in [0.25, 0.3) is 0 Å². The topological polar surface area (TPSA) is 38.8 Å². The number of Topliss-reactive ketones (excluding diaryl/α,β-unsaturated/α-hetero) is 1. The van der Waals surface area contributed by atoms with Gasteiger partial charge in [0.15, 0.2) is 5.78 Å². The molecule has 1 unspecified atom stereocenters. The van der Waals surface area contributed by atoms with E-state index in [1.54, 1.807) is 0 Å². The number of hydrogen-bond donors (Lipinski definition) is 0. The number of fused-ring (bicyclic) bond motifs is 1. The largest absolute Gasteiger partial charge is 0.493 e. The molecule has 0 spiro atoms. The van der Waals surface area contributed by atoms with Gasteiger partial charge in [0.1, 0.15) is 5.75 Å². The molecule has 2 aliphatic heterocycles. The monoisotopic (exact) mass is 289 g/mol. The van der Waals surface area contributed by atoms with Gasteiger partial charge in [-0.25, -0.2) is 0 Å². The third-order valence-corrected chi connectivity index (χ3v) is 4.48. The van der Waals surface area contributed by atoms with Crippen LogP contribution in [0.2, 0.25) is 0 Å². The molecule has 0 aromatic heterocycles. The second-order valence-corrected chi connectivity index (χ2v) is 6.01. The molecular weight excluding hydrogens is 266 g/mol. The highest BCUT2D eigenvalue weighted by Crippen LogP contribution is 2.33. The number of rotatable bonds is 2. The average Bonchev–Trinajstić information content (AvgIpc) is 2.65. The van der Waals surface area contributed by atoms with Gasteiger partial charge in [-0.05, 0) is 31.4 Å². The molecule has 4 heteroatoms. The van der Waals surface area contributed by atoms with E-state index in [9.17, 15) is 4.79 Å². The number of nitrogens with zero attached hydrogens (tertiary/aromatic N) is 1. The number of carbonyl (C=O) groups excluding carboxylic acids is 1. The Kier molecular flexibility index (Phi) is 4.27. The Morgan fingerprint density at radius 2 is 1.86 bits per heavy atom. The molecule has 4 nitrogen and oxygen atoms in total. The zero-order valence-corrected chi connectivity index (χ0v) is 12.9. The van der Waals surface area contributed by atoms with Crippen molar-refractivity contribution in [3.63, 3.8) is 0 Å². The summed E-state index contributed by atoms with van der Waals surface area (Å²) in [5.74, 6) is 1.07. The van der Waals surface area contributed by atoms with Gasteiger partial charge in [0, 0.05) is 25.6 Å². The third kappa shape index (κ3) is 2.97. The number of aryl methyl sites for hydroxylation is 2. The van der Waals surface area contributed by atoms with Crippen LogP contribution in [-0.4, -0.2) is 50.1 Å². The fourth-order valence-corrected chi connectivity index (χ4v) is 3.19. The van der Waals surface area contributed by atoms with Crippen LogP contribution in [0.5, 0.6) is 5.75 Å². The molecule has 21 heavy (non-hydrogen) atoms. The first-order valence-electron chi connectivity index (χ1n) is 7.74. The summed E-state index contributed by atoms with van der Waals surface area (Å²) >= 11 is 0. The Morgan fingerprint density at radius 1 is 1.14 bits per heavy atom. The van der Waals surface area contributed by atoms with Crippen LogP contribution in [0, 0.1) is 19.8 Å². The normalized spacial score (nSPS) is 23.3.